The van der Waals surface area contributed by atoms with Crippen LogP contribution in [0, 0.1) is 5.82 Å². The van der Waals surface area contributed by atoms with Gasteiger partial charge in [-0.3, -0.25) is 4.72 Å². The van der Waals surface area contributed by atoms with Gasteiger partial charge in [-0.1, -0.05) is 6.07 Å². The van der Waals surface area contributed by atoms with Gasteiger partial charge in [-0.2, -0.15) is 0 Å². The number of thiophene rings is 1. The molecule has 42 heavy (non-hydrogen) atoms. The number of fused-ring (bicyclic) bond motifs is 1. The van der Waals surface area contributed by atoms with Crippen LogP contribution in [0.5, 0.6) is 5.75 Å². The minimum absolute atomic E-state index is 0.104. The molecule has 0 amide bonds. The third-order valence-electron chi connectivity index (χ3n) is 7.61. The lowest BCUT2D eigenvalue weighted by molar-refractivity contribution is 0.249. The number of hydrogen-bond acceptors (Lipinski definition) is 9. The van der Waals surface area contributed by atoms with Crippen molar-refractivity contribution >= 4 is 54.6 Å². The van der Waals surface area contributed by atoms with Gasteiger partial charge in [-0.25, -0.2) is 22.8 Å². The summed E-state index contributed by atoms with van der Waals surface area (Å²) in [5.74, 6) is 0.527. The Labute approximate surface area is 250 Å². The first kappa shape index (κ1) is 30.0. The van der Waals surface area contributed by atoms with Gasteiger partial charge in [0.05, 0.1) is 39.6 Å². The smallest absolute Gasteiger partial charge is 0.237 e. The van der Waals surface area contributed by atoms with Crippen LogP contribution in [0.15, 0.2) is 48.0 Å². The average molecular weight is 613 g/mol. The standard InChI is InChI=1S/C30H37FN6O3S2/c1-30(2,3)42(38,39)35-24-15-19(7-9-23(24)31)22-18-41-27-17-32-29(34-28(22)27)33-20-8-10-25(26(16-20)40-6)37-13-11-21(12-14-37)36(4)5/h7-10,15-18,21,35H,11-14H2,1-6H3,(H,32,33,34). The SMILES string of the molecule is COc1cc(Nc2ncc3scc(-c4ccc(F)c(NS(=O)(=O)C(C)(C)C)c4)c3n2)ccc1N1CCC(N(C)C)CC1. The van der Waals surface area contributed by atoms with Crippen LogP contribution in [-0.4, -0.2) is 68.4 Å². The second-order valence-corrected chi connectivity index (χ2v) is 15.0. The Bertz CT molecular complexity index is 1690. The molecule has 0 atom stereocenters. The Balaban J connectivity index is 1.39. The molecule has 0 spiro atoms. The quantitative estimate of drug-likeness (QED) is 0.239. The van der Waals surface area contributed by atoms with Gasteiger partial charge in [-0.15, -0.1) is 11.3 Å². The van der Waals surface area contributed by atoms with E-state index in [-0.39, 0.29) is 5.69 Å². The summed E-state index contributed by atoms with van der Waals surface area (Å²) in [6.07, 6.45) is 3.95. The maximum Gasteiger partial charge on any atom is 0.237 e. The van der Waals surface area contributed by atoms with Crippen LogP contribution in [0.2, 0.25) is 0 Å². The lowest BCUT2D eigenvalue weighted by Gasteiger charge is -2.37. The zero-order valence-corrected chi connectivity index (χ0v) is 26.4. The summed E-state index contributed by atoms with van der Waals surface area (Å²) in [5.41, 5.74) is 3.82. The molecule has 1 saturated heterocycles. The van der Waals surface area contributed by atoms with Crippen molar-refractivity contribution in [2.75, 3.05) is 49.2 Å². The Hall–Kier alpha value is -3.48. The van der Waals surface area contributed by atoms with E-state index in [0.717, 1.165) is 53.3 Å². The zero-order valence-electron chi connectivity index (χ0n) is 24.7. The lowest BCUT2D eigenvalue weighted by Crippen LogP contribution is -2.42. The third-order valence-corrected chi connectivity index (χ3v) is 10.6. The molecule has 1 aliphatic rings. The summed E-state index contributed by atoms with van der Waals surface area (Å²) >= 11 is 1.46. The molecular formula is C30H37FN6O3S2. The topological polar surface area (TPSA) is 99.7 Å². The Kier molecular flexibility index (Phi) is 8.32. The highest BCUT2D eigenvalue weighted by atomic mass is 32.2. The van der Waals surface area contributed by atoms with Gasteiger partial charge >= 0.3 is 0 Å². The van der Waals surface area contributed by atoms with E-state index in [4.69, 9.17) is 9.72 Å². The number of benzene rings is 2. The maximum absolute atomic E-state index is 14.6. The Morgan fingerprint density at radius 3 is 2.52 bits per heavy atom. The molecule has 0 saturated carbocycles. The van der Waals surface area contributed by atoms with Crippen LogP contribution >= 0.6 is 11.3 Å². The molecule has 0 bridgehead atoms. The predicted octanol–water partition coefficient (Wildman–Crippen LogP) is 6.32. The van der Waals surface area contributed by atoms with Gasteiger partial charge in [-0.05, 0) is 77.5 Å². The third kappa shape index (κ3) is 6.16. The summed E-state index contributed by atoms with van der Waals surface area (Å²) in [5, 5.41) is 5.20. The maximum atomic E-state index is 14.6. The summed E-state index contributed by atoms with van der Waals surface area (Å²) in [4.78, 5) is 13.9. The molecule has 0 unspecified atom stereocenters. The van der Waals surface area contributed by atoms with Crippen LogP contribution in [-0.2, 0) is 10.0 Å². The molecule has 5 rings (SSSR count). The number of methoxy groups -OCH3 is 1. The van der Waals surface area contributed by atoms with Crippen molar-refractivity contribution in [1.82, 2.24) is 14.9 Å². The highest BCUT2D eigenvalue weighted by molar-refractivity contribution is 7.94. The fourth-order valence-corrected chi connectivity index (χ4v) is 6.56. The molecule has 12 heteroatoms. The first-order valence-electron chi connectivity index (χ1n) is 13.8. The number of sulfonamides is 1. The molecule has 0 aliphatic carbocycles. The van der Waals surface area contributed by atoms with Gasteiger partial charge in [0.2, 0.25) is 16.0 Å². The monoisotopic (exact) mass is 612 g/mol. The molecule has 2 aromatic heterocycles. The van der Waals surface area contributed by atoms with E-state index < -0.39 is 20.6 Å². The van der Waals surface area contributed by atoms with E-state index in [9.17, 15) is 12.8 Å². The van der Waals surface area contributed by atoms with Crippen molar-refractivity contribution in [3.63, 3.8) is 0 Å². The fraction of sp³-hybridized carbons (Fsp3) is 0.400. The normalized spacial score (nSPS) is 14.9. The first-order valence-corrected chi connectivity index (χ1v) is 16.2. The van der Waals surface area contributed by atoms with Crippen LogP contribution in [0.1, 0.15) is 33.6 Å². The highest BCUT2D eigenvalue weighted by Gasteiger charge is 2.30. The van der Waals surface area contributed by atoms with Crippen LogP contribution < -0.4 is 19.7 Å². The van der Waals surface area contributed by atoms with Crippen molar-refractivity contribution in [2.24, 2.45) is 0 Å². The van der Waals surface area contributed by atoms with Crippen LogP contribution in [0.3, 0.4) is 0 Å². The van der Waals surface area contributed by atoms with Crippen LogP contribution in [0.4, 0.5) is 27.4 Å². The number of anilines is 4. The van der Waals surface area contributed by atoms with Crippen molar-refractivity contribution in [3.05, 3.63) is 53.8 Å². The minimum Gasteiger partial charge on any atom is -0.495 e. The molecule has 2 aromatic carbocycles. The van der Waals surface area contributed by atoms with Gasteiger partial charge < -0.3 is 19.9 Å². The van der Waals surface area contributed by atoms with Crippen molar-refractivity contribution in [1.29, 1.82) is 0 Å². The van der Waals surface area contributed by atoms with Crippen molar-refractivity contribution < 1.29 is 17.5 Å². The van der Waals surface area contributed by atoms with E-state index in [1.54, 1.807) is 40.1 Å². The number of rotatable bonds is 8. The number of nitrogens with zero attached hydrogens (tertiary/aromatic N) is 4. The van der Waals surface area contributed by atoms with E-state index in [1.807, 2.05) is 17.5 Å². The number of aromatic nitrogens is 2. The number of nitrogens with one attached hydrogen (secondary N) is 2. The second-order valence-electron chi connectivity index (χ2n) is 11.7. The Morgan fingerprint density at radius 2 is 1.86 bits per heavy atom. The fourth-order valence-electron chi connectivity index (χ4n) is 4.93. The largest absolute Gasteiger partial charge is 0.495 e. The summed E-state index contributed by atoms with van der Waals surface area (Å²) in [6.45, 7) is 6.62. The zero-order chi connectivity index (χ0) is 30.2. The molecule has 2 N–H and O–H groups in total. The predicted molar refractivity (Wildman–Crippen MR) is 170 cm³/mol. The van der Waals surface area contributed by atoms with Crippen molar-refractivity contribution in [2.45, 2.75) is 44.4 Å². The lowest BCUT2D eigenvalue weighted by atomic mass is 10.0. The van der Waals surface area contributed by atoms with Crippen LogP contribution in [0.25, 0.3) is 21.3 Å². The minimum atomic E-state index is -3.80. The molecule has 224 valence electrons. The number of hydrogen-bond donors (Lipinski definition) is 2. The first-order chi connectivity index (χ1) is 19.9. The molecule has 1 aliphatic heterocycles. The molecule has 9 nitrogen and oxygen atoms in total. The number of piperidine rings is 1. The van der Waals surface area contributed by atoms with Gasteiger partial charge in [0, 0.05) is 41.8 Å². The average Bonchev–Trinajstić information content (AvgIpc) is 3.37. The summed E-state index contributed by atoms with van der Waals surface area (Å²) in [6, 6.07) is 11.0. The molecule has 1 fully saturated rings. The van der Waals surface area contributed by atoms with E-state index in [0.29, 0.717) is 23.1 Å². The Morgan fingerprint density at radius 1 is 1.12 bits per heavy atom. The van der Waals surface area contributed by atoms with Gasteiger partial charge in [0.1, 0.15) is 11.6 Å². The van der Waals surface area contributed by atoms with E-state index in [1.165, 1.54) is 23.5 Å². The molecule has 3 heterocycles. The van der Waals surface area contributed by atoms with Crippen molar-refractivity contribution in [3.8, 4) is 16.9 Å². The highest BCUT2D eigenvalue weighted by Crippen LogP contribution is 2.37. The summed E-state index contributed by atoms with van der Waals surface area (Å²) in [7, 11) is 2.14. The summed E-state index contributed by atoms with van der Waals surface area (Å²) < 4.78 is 47.9. The number of halogens is 1. The van der Waals surface area contributed by atoms with Gasteiger partial charge in [0.15, 0.2) is 0 Å². The second kappa shape index (κ2) is 11.7. The number of ether oxygens (including phenoxy) is 1. The van der Waals surface area contributed by atoms with Gasteiger partial charge in [0.25, 0.3) is 0 Å². The molecular weight excluding hydrogens is 576 g/mol. The molecule has 4 aromatic rings. The van der Waals surface area contributed by atoms with E-state index >= 15 is 0 Å². The molecule has 0 radical (unpaired) electrons. The van der Waals surface area contributed by atoms with E-state index in [2.05, 4.69) is 45.0 Å².